The number of amides is 1. The standard InChI is InChI=1S/C18H17F2NO4/c1-10-9-25-15(7-16(22)23)17(10)18(24)21(11-5-6-11)8-12-13(19)3-2-4-14(12)20/h2-4,9,11H,5-8H2,1H3,(H,22,23). The van der Waals surface area contributed by atoms with E-state index in [-0.39, 0.29) is 29.5 Å². The van der Waals surface area contributed by atoms with E-state index in [0.717, 1.165) is 25.0 Å². The summed E-state index contributed by atoms with van der Waals surface area (Å²) in [6.45, 7) is 1.43. The van der Waals surface area contributed by atoms with Gasteiger partial charge in [-0.25, -0.2) is 8.78 Å². The number of benzene rings is 1. The second kappa shape index (κ2) is 6.66. The Bertz CT molecular complexity index is 806. The lowest BCUT2D eigenvalue weighted by Gasteiger charge is -2.23. The molecule has 0 spiro atoms. The molecule has 0 aliphatic heterocycles. The molecule has 0 atom stereocenters. The van der Waals surface area contributed by atoms with Crippen LogP contribution in [0.2, 0.25) is 0 Å². The van der Waals surface area contributed by atoms with E-state index in [9.17, 15) is 18.4 Å². The number of furan rings is 1. The first-order chi connectivity index (χ1) is 11.9. The summed E-state index contributed by atoms with van der Waals surface area (Å²) in [5, 5.41) is 8.97. The molecule has 1 saturated carbocycles. The van der Waals surface area contributed by atoms with E-state index in [2.05, 4.69) is 0 Å². The summed E-state index contributed by atoms with van der Waals surface area (Å²) < 4.78 is 33.1. The van der Waals surface area contributed by atoms with E-state index in [4.69, 9.17) is 9.52 Å². The molecule has 5 nitrogen and oxygen atoms in total. The predicted molar refractivity (Wildman–Crippen MR) is 84.0 cm³/mol. The van der Waals surface area contributed by atoms with Gasteiger partial charge in [-0.2, -0.15) is 0 Å². The van der Waals surface area contributed by atoms with E-state index in [1.54, 1.807) is 6.92 Å². The second-order valence-corrected chi connectivity index (χ2v) is 6.15. The molecule has 1 aromatic carbocycles. The van der Waals surface area contributed by atoms with Gasteiger partial charge in [-0.05, 0) is 31.9 Å². The van der Waals surface area contributed by atoms with Crippen molar-refractivity contribution < 1.29 is 27.9 Å². The van der Waals surface area contributed by atoms with Crippen molar-refractivity contribution in [1.29, 1.82) is 0 Å². The van der Waals surface area contributed by atoms with Crippen molar-refractivity contribution in [2.45, 2.75) is 38.8 Å². The summed E-state index contributed by atoms with van der Waals surface area (Å²) in [5.74, 6) is -2.97. The lowest BCUT2D eigenvalue weighted by Crippen LogP contribution is -2.34. The maximum Gasteiger partial charge on any atom is 0.311 e. The van der Waals surface area contributed by atoms with E-state index < -0.39 is 29.9 Å². The molecule has 1 N–H and O–H groups in total. The monoisotopic (exact) mass is 349 g/mol. The van der Waals surface area contributed by atoms with Gasteiger partial charge in [0.1, 0.15) is 23.8 Å². The molecule has 0 unspecified atom stereocenters. The third-order valence-corrected chi connectivity index (χ3v) is 4.22. The fourth-order valence-corrected chi connectivity index (χ4v) is 2.80. The normalized spacial score (nSPS) is 13.7. The van der Waals surface area contributed by atoms with Crippen molar-refractivity contribution in [3.8, 4) is 0 Å². The number of aryl methyl sites for hydroxylation is 1. The number of halogens is 2. The molecule has 0 bridgehead atoms. The van der Waals surface area contributed by atoms with Crippen molar-refractivity contribution >= 4 is 11.9 Å². The molecule has 1 aliphatic carbocycles. The fraction of sp³-hybridized carbons (Fsp3) is 0.333. The summed E-state index contributed by atoms with van der Waals surface area (Å²) in [6, 6.07) is 3.45. The Morgan fingerprint density at radius 3 is 2.48 bits per heavy atom. The quantitative estimate of drug-likeness (QED) is 0.869. The van der Waals surface area contributed by atoms with Gasteiger partial charge in [0.05, 0.1) is 18.4 Å². The highest BCUT2D eigenvalue weighted by molar-refractivity contribution is 5.97. The minimum atomic E-state index is -1.12. The molecule has 2 aromatic rings. The van der Waals surface area contributed by atoms with Crippen LogP contribution in [0.4, 0.5) is 8.78 Å². The second-order valence-electron chi connectivity index (χ2n) is 6.15. The molecule has 7 heteroatoms. The van der Waals surface area contributed by atoms with Gasteiger partial charge in [0.15, 0.2) is 0 Å². The lowest BCUT2D eigenvalue weighted by molar-refractivity contribution is -0.136. The van der Waals surface area contributed by atoms with Crippen LogP contribution in [-0.2, 0) is 17.8 Å². The molecule has 1 fully saturated rings. The van der Waals surface area contributed by atoms with Crippen LogP contribution in [0.15, 0.2) is 28.9 Å². The number of carbonyl (C=O) groups excluding carboxylic acids is 1. The van der Waals surface area contributed by atoms with E-state index >= 15 is 0 Å². The first kappa shape index (κ1) is 17.1. The number of nitrogens with zero attached hydrogens (tertiary/aromatic N) is 1. The zero-order valence-electron chi connectivity index (χ0n) is 13.6. The Hall–Kier alpha value is -2.70. The largest absolute Gasteiger partial charge is 0.481 e. The van der Waals surface area contributed by atoms with Crippen molar-refractivity contribution in [1.82, 2.24) is 4.90 Å². The molecule has 1 heterocycles. The van der Waals surface area contributed by atoms with Gasteiger partial charge in [-0.1, -0.05) is 6.07 Å². The van der Waals surface area contributed by atoms with Crippen LogP contribution in [0.25, 0.3) is 0 Å². The zero-order chi connectivity index (χ0) is 18.1. The maximum absolute atomic E-state index is 14.0. The van der Waals surface area contributed by atoms with E-state index in [0.29, 0.717) is 5.56 Å². The minimum Gasteiger partial charge on any atom is -0.481 e. The number of hydrogen-bond acceptors (Lipinski definition) is 3. The SMILES string of the molecule is Cc1coc(CC(=O)O)c1C(=O)N(Cc1c(F)cccc1F)C1CC1. The Labute approximate surface area is 142 Å². The van der Waals surface area contributed by atoms with E-state index in [1.165, 1.54) is 17.2 Å². The van der Waals surface area contributed by atoms with Crippen molar-refractivity contribution in [3.05, 3.63) is 58.5 Å². The van der Waals surface area contributed by atoms with Crippen LogP contribution in [0.5, 0.6) is 0 Å². The van der Waals surface area contributed by atoms with Crippen LogP contribution < -0.4 is 0 Å². The van der Waals surface area contributed by atoms with Gasteiger partial charge < -0.3 is 14.4 Å². The molecule has 1 amide bonds. The molecule has 3 rings (SSSR count). The van der Waals surface area contributed by atoms with Crippen molar-refractivity contribution in [2.75, 3.05) is 0 Å². The first-order valence-corrected chi connectivity index (χ1v) is 7.91. The third-order valence-electron chi connectivity index (χ3n) is 4.22. The van der Waals surface area contributed by atoms with Gasteiger partial charge in [-0.15, -0.1) is 0 Å². The molecule has 1 aromatic heterocycles. The van der Waals surface area contributed by atoms with Gasteiger partial charge in [0, 0.05) is 17.2 Å². The average molecular weight is 349 g/mol. The number of carbonyl (C=O) groups is 2. The number of aliphatic carboxylic acids is 1. The highest BCUT2D eigenvalue weighted by Crippen LogP contribution is 2.32. The molecule has 25 heavy (non-hydrogen) atoms. The van der Waals surface area contributed by atoms with Crippen LogP contribution in [0.1, 0.15) is 40.1 Å². The Balaban J connectivity index is 1.93. The van der Waals surface area contributed by atoms with Gasteiger partial charge in [0.25, 0.3) is 5.91 Å². The molecular weight excluding hydrogens is 332 g/mol. The van der Waals surface area contributed by atoms with E-state index in [1.807, 2.05) is 0 Å². The van der Waals surface area contributed by atoms with Crippen LogP contribution in [0, 0.1) is 18.6 Å². The average Bonchev–Trinajstić information content (AvgIpc) is 3.30. The van der Waals surface area contributed by atoms with Crippen LogP contribution in [0.3, 0.4) is 0 Å². The predicted octanol–water partition coefficient (Wildman–Crippen LogP) is 3.30. The number of hydrogen-bond donors (Lipinski definition) is 1. The van der Waals surface area contributed by atoms with Gasteiger partial charge in [0.2, 0.25) is 0 Å². The number of rotatable bonds is 6. The highest BCUT2D eigenvalue weighted by atomic mass is 19.1. The smallest absolute Gasteiger partial charge is 0.311 e. The van der Waals surface area contributed by atoms with Gasteiger partial charge >= 0.3 is 5.97 Å². The van der Waals surface area contributed by atoms with Crippen molar-refractivity contribution in [2.24, 2.45) is 0 Å². The van der Waals surface area contributed by atoms with Crippen LogP contribution >= 0.6 is 0 Å². The lowest BCUT2D eigenvalue weighted by atomic mass is 10.1. The van der Waals surface area contributed by atoms with Crippen LogP contribution in [-0.4, -0.2) is 27.9 Å². The Morgan fingerprint density at radius 1 is 1.28 bits per heavy atom. The molecule has 0 saturated heterocycles. The number of carboxylic acids is 1. The Morgan fingerprint density at radius 2 is 1.92 bits per heavy atom. The maximum atomic E-state index is 14.0. The Kier molecular flexibility index (Phi) is 4.57. The third kappa shape index (κ3) is 3.55. The summed E-state index contributed by atoms with van der Waals surface area (Å²) in [5.41, 5.74) is 0.482. The molecule has 1 aliphatic rings. The topological polar surface area (TPSA) is 70.7 Å². The summed E-state index contributed by atoms with van der Waals surface area (Å²) in [6.07, 6.45) is 2.38. The summed E-state index contributed by atoms with van der Waals surface area (Å²) in [7, 11) is 0. The summed E-state index contributed by atoms with van der Waals surface area (Å²) >= 11 is 0. The molecule has 0 radical (unpaired) electrons. The fourth-order valence-electron chi connectivity index (χ4n) is 2.80. The van der Waals surface area contributed by atoms with Gasteiger partial charge in [-0.3, -0.25) is 9.59 Å². The zero-order valence-corrected chi connectivity index (χ0v) is 13.6. The van der Waals surface area contributed by atoms with Crippen molar-refractivity contribution in [3.63, 3.8) is 0 Å². The first-order valence-electron chi connectivity index (χ1n) is 7.91. The number of carboxylic acid groups (broad SMARTS) is 1. The summed E-state index contributed by atoms with van der Waals surface area (Å²) in [4.78, 5) is 25.3. The molecular formula is C18H17F2NO4. The highest BCUT2D eigenvalue weighted by Gasteiger charge is 2.36. The molecule has 132 valence electrons. The minimum absolute atomic E-state index is 0.0506.